The minimum absolute atomic E-state index is 0.0285. The molecule has 2 aromatic heterocycles. The molecule has 3 rings (SSSR count). The van der Waals surface area contributed by atoms with Gasteiger partial charge in [0, 0.05) is 18.2 Å². The topological polar surface area (TPSA) is 61.3 Å². The Morgan fingerprint density at radius 1 is 1.17 bits per heavy atom. The molecule has 0 atom stereocenters. The summed E-state index contributed by atoms with van der Waals surface area (Å²) >= 11 is 0. The average molecular weight is 324 g/mol. The van der Waals surface area contributed by atoms with E-state index < -0.39 is 0 Å². The summed E-state index contributed by atoms with van der Waals surface area (Å²) in [7, 11) is 3.04. The number of fused-ring (bicyclic) bond motifs is 1. The van der Waals surface area contributed by atoms with E-state index in [1.54, 1.807) is 19.4 Å². The molecule has 0 N–H and O–H groups in total. The Morgan fingerprint density at radius 2 is 1.96 bits per heavy atom. The maximum absolute atomic E-state index is 11.6. The summed E-state index contributed by atoms with van der Waals surface area (Å²) in [6.07, 6.45) is 5.28. The molecule has 1 aliphatic rings. The van der Waals surface area contributed by atoms with Crippen molar-refractivity contribution in [3.8, 4) is 17.7 Å². The van der Waals surface area contributed by atoms with Crippen molar-refractivity contribution in [1.82, 2.24) is 9.97 Å². The van der Waals surface area contributed by atoms with Crippen LogP contribution in [-0.2, 0) is 9.53 Å². The molecular formula is C19H20N2O3. The molecule has 5 nitrogen and oxygen atoms in total. The second-order valence-electron chi connectivity index (χ2n) is 5.92. The third-order valence-electron chi connectivity index (χ3n) is 4.44. The van der Waals surface area contributed by atoms with Gasteiger partial charge in [-0.3, -0.25) is 9.78 Å². The molecule has 1 fully saturated rings. The van der Waals surface area contributed by atoms with Crippen molar-refractivity contribution in [2.24, 2.45) is 11.8 Å². The van der Waals surface area contributed by atoms with Crippen molar-refractivity contribution in [1.29, 1.82) is 0 Å². The highest BCUT2D eigenvalue weighted by molar-refractivity contribution is 5.81. The van der Waals surface area contributed by atoms with Crippen LogP contribution in [0.15, 0.2) is 24.4 Å². The first-order valence-electron chi connectivity index (χ1n) is 8.10. The van der Waals surface area contributed by atoms with E-state index in [1.807, 2.05) is 12.1 Å². The summed E-state index contributed by atoms with van der Waals surface area (Å²) in [5.41, 5.74) is 2.42. The maximum atomic E-state index is 11.6. The van der Waals surface area contributed by atoms with E-state index in [9.17, 15) is 4.79 Å². The van der Waals surface area contributed by atoms with E-state index >= 15 is 0 Å². The Labute approximate surface area is 141 Å². The van der Waals surface area contributed by atoms with Gasteiger partial charge >= 0.3 is 5.97 Å². The quantitative estimate of drug-likeness (QED) is 0.628. The molecular weight excluding hydrogens is 304 g/mol. The molecule has 0 amide bonds. The molecule has 0 aromatic carbocycles. The van der Waals surface area contributed by atoms with E-state index in [2.05, 4.69) is 21.8 Å². The lowest BCUT2D eigenvalue weighted by Gasteiger charge is -2.23. The first kappa shape index (κ1) is 16.3. The van der Waals surface area contributed by atoms with Gasteiger partial charge in [-0.2, -0.15) is 0 Å². The molecule has 0 spiro atoms. The molecule has 0 bridgehead atoms. The Kier molecular flexibility index (Phi) is 4.95. The standard InChI is InChI=1S/C19H20N2O3/c1-23-17-10-9-16-18(21-17)14(11-12-20-16)6-3-13-4-7-15(8-5-13)19(22)24-2/h9-13,15H,4-5,7-8H2,1-2H3/t13-,15-. The van der Waals surface area contributed by atoms with E-state index in [0.717, 1.165) is 42.3 Å². The number of esters is 1. The van der Waals surface area contributed by atoms with E-state index in [0.29, 0.717) is 11.8 Å². The monoisotopic (exact) mass is 324 g/mol. The number of pyridine rings is 2. The number of ether oxygens (including phenoxy) is 2. The predicted octanol–water partition coefficient (Wildman–Crippen LogP) is 2.97. The van der Waals surface area contributed by atoms with Crippen LogP contribution < -0.4 is 4.74 Å². The van der Waals surface area contributed by atoms with Gasteiger partial charge in [-0.25, -0.2) is 4.98 Å². The lowest BCUT2D eigenvalue weighted by molar-refractivity contribution is -0.146. The van der Waals surface area contributed by atoms with Gasteiger partial charge in [-0.1, -0.05) is 11.8 Å². The van der Waals surface area contributed by atoms with Crippen molar-refractivity contribution in [2.75, 3.05) is 14.2 Å². The zero-order valence-electron chi connectivity index (χ0n) is 13.9. The van der Waals surface area contributed by atoms with Crippen molar-refractivity contribution in [3.05, 3.63) is 30.0 Å². The first-order chi connectivity index (χ1) is 11.7. The van der Waals surface area contributed by atoms with Crippen LogP contribution >= 0.6 is 0 Å². The molecule has 2 heterocycles. The zero-order chi connectivity index (χ0) is 16.9. The number of rotatable bonds is 2. The lowest BCUT2D eigenvalue weighted by atomic mass is 9.82. The van der Waals surface area contributed by atoms with Gasteiger partial charge in [0.2, 0.25) is 5.88 Å². The summed E-state index contributed by atoms with van der Waals surface area (Å²) in [5, 5.41) is 0. The highest BCUT2D eigenvalue weighted by atomic mass is 16.5. The third kappa shape index (κ3) is 3.48. The Morgan fingerprint density at radius 3 is 2.67 bits per heavy atom. The molecule has 24 heavy (non-hydrogen) atoms. The minimum atomic E-state index is -0.0992. The van der Waals surface area contributed by atoms with Gasteiger partial charge in [-0.05, 0) is 37.8 Å². The predicted molar refractivity (Wildman–Crippen MR) is 90.4 cm³/mol. The van der Waals surface area contributed by atoms with Gasteiger partial charge in [0.1, 0.15) is 5.52 Å². The summed E-state index contributed by atoms with van der Waals surface area (Å²) in [4.78, 5) is 20.3. The van der Waals surface area contributed by atoms with Gasteiger partial charge < -0.3 is 9.47 Å². The fourth-order valence-electron chi connectivity index (χ4n) is 3.04. The number of aromatic nitrogens is 2. The molecule has 2 aromatic rings. The van der Waals surface area contributed by atoms with Crippen molar-refractivity contribution in [2.45, 2.75) is 25.7 Å². The van der Waals surface area contributed by atoms with Crippen LogP contribution in [0.4, 0.5) is 0 Å². The number of nitrogens with zero attached hydrogens (tertiary/aromatic N) is 2. The van der Waals surface area contributed by atoms with Crippen LogP contribution in [0.2, 0.25) is 0 Å². The lowest BCUT2D eigenvalue weighted by Crippen LogP contribution is -2.22. The van der Waals surface area contributed by atoms with Crippen LogP contribution in [0.3, 0.4) is 0 Å². The molecule has 124 valence electrons. The van der Waals surface area contributed by atoms with E-state index in [-0.39, 0.29) is 11.9 Å². The number of hydrogen-bond acceptors (Lipinski definition) is 5. The van der Waals surface area contributed by atoms with Gasteiger partial charge in [-0.15, -0.1) is 0 Å². The number of methoxy groups -OCH3 is 2. The largest absolute Gasteiger partial charge is 0.481 e. The number of hydrogen-bond donors (Lipinski definition) is 0. The third-order valence-corrected chi connectivity index (χ3v) is 4.44. The normalized spacial score (nSPS) is 20.1. The second kappa shape index (κ2) is 7.31. The number of carbonyl (C=O) groups excluding carboxylic acids is 1. The molecule has 0 unspecified atom stereocenters. The smallest absolute Gasteiger partial charge is 0.308 e. The van der Waals surface area contributed by atoms with E-state index in [1.165, 1.54) is 7.11 Å². The van der Waals surface area contributed by atoms with Crippen molar-refractivity contribution >= 4 is 17.0 Å². The van der Waals surface area contributed by atoms with Crippen LogP contribution in [0, 0.1) is 23.7 Å². The summed E-state index contributed by atoms with van der Waals surface area (Å²) < 4.78 is 10.0. The van der Waals surface area contributed by atoms with Crippen molar-refractivity contribution in [3.63, 3.8) is 0 Å². The summed E-state index contributed by atoms with van der Waals surface area (Å²) in [6.45, 7) is 0. The minimum Gasteiger partial charge on any atom is -0.481 e. The fourth-order valence-corrected chi connectivity index (χ4v) is 3.04. The highest BCUT2D eigenvalue weighted by Gasteiger charge is 2.25. The molecule has 0 radical (unpaired) electrons. The Hall–Kier alpha value is -2.61. The average Bonchev–Trinajstić information content (AvgIpc) is 2.65. The first-order valence-corrected chi connectivity index (χ1v) is 8.10. The SMILES string of the molecule is COc1ccc2nccc(C#C[C@H]3CC[C@H](C(=O)OC)CC3)c2n1. The van der Waals surface area contributed by atoms with E-state index in [4.69, 9.17) is 9.47 Å². The second-order valence-corrected chi connectivity index (χ2v) is 5.92. The molecule has 0 aliphatic heterocycles. The summed E-state index contributed by atoms with van der Waals surface area (Å²) in [5.74, 6) is 7.36. The molecule has 5 heteroatoms. The Bertz CT molecular complexity index is 799. The maximum Gasteiger partial charge on any atom is 0.308 e. The van der Waals surface area contributed by atoms with Gasteiger partial charge in [0.25, 0.3) is 0 Å². The highest BCUT2D eigenvalue weighted by Crippen LogP contribution is 2.29. The fraction of sp³-hybridized carbons (Fsp3) is 0.421. The van der Waals surface area contributed by atoms with Crippen LogP contribution in [0.5, 0.6) is 5.88 Å². The van der Waals surface area contributed by atoms with Crippen molar-refractivity contribution < 1.29 is 14.3 Å². The van der Waals surface area contributed by atoms with Crippen LogP contribution in [0.25, 0.3) is 11.0 Å². The molecule has 1 saturated carbocycles. The Balaban J connectivity index is 1.77. The van der Waals surface area contributed by atoms with Gasteiger partial charge in [0.15, 0.2) is 0 Å². The van der Waals surface area contributed by atoms with Gasteiger partial charge in [0.05, 0.1) is 31.2 Å². The number of carbonyl (C=O) groups is 1. The zero-order valence-corrected chi connectivity index (χ0v) is 13.9. The summed E-state index contributed by atoms with van der Waals surface area (Å²) in [6, 6.07) is 5.55. The molecule has 0 saturated heterocycles. The van der Waals surface area contributed by atoms with Crippen LogP contribution in [0.1, 0.15) is 31.2 Å². The van der Waals surface area contributed by atoms with Crippen LogP contribution in [-0.4, -0.2) is 30.2 Å². The molecule has 1 aliphatic carbocycles.